The van der Waals surface area contributed by atoms with Crippen molar-refractivity contribution in [3.63, 3.8) is 0 Å². The molecule has 0 aliphatic heterocycles. The van der Waals surface area contributed by atoms with Crippen LogP contribution in [0.2, 0.25) is 0 Å². The average Bonchev–Trinajstić information content (AvgIpc) is 2.45. The van der Waals surface area contributed by atoms with Crippen LogP contribution in [0.25, 0.3) is 0 Å². The molecule has 0 aliphatic rings. The number of benzene rings is 2. The highest BCUT2D eigenvalue weighted by Crippen LogP contribution is 2.43. The van der Waals surface area contributed by atoms with E-state index in [9.17, 15) is 0 Å². The van der Waals surface area contributed by atoms with Gasteiger partial charge in [0.2, 0.25) is 0 Å². The van der Waals surface area contributed by atoms with E-state index in [0.29, 0.717) is 6.54 Å². The second kappa shape index (κ2) is 5.78. The van der Waals surface area contributed by atoms with Crippen LogP contribution in [-0.2, 0) is 5.41 Å². The molecule has 0 atom stereocenters. The zero-order chi connectivity index (χ0) is 14.6. The second-order valence-corrected chi connectivity index (χ2v) is 5.90. The topological polar surface area (TPSA) is 52.0 Å². The monoisotopic (exact) mass is 268 g/mol. The Morgan fingerprint density at radius 3 is 1.50 bits per heavy atom. The Morgan fingerprint density at radius 2 is 1.20 bits per heavy atom. The van der Waals surface area contributed by atoms with Gasteiger partial charge in [0.15, 0.2) is 0 Å². The smallest absolute Gasteiger partial charge is 0.0388 e. The van der Waals surface area contributed by atoms with Gasteiger partial charge in [0.25, 0.3) is 0 Å². The molecule has 106 valence electrons. The van der Waals surface area contributed by atoms with E-state index in [1.807, 2.05) is 12.1 Å². The third-order valence-electron chi connectivity index (χ3n) is 4.15. The molecule has 20 heavy (non-hydrogen) atoms. The summed E-state index contributed by atoms with van der Waals surface area (Å²) in [5, 5.41) is 0. The van der Waals surface area contributed by atoms with Crippen LogP contribution >= 0.6 is 0 Å². The van der Waals surface area contributed by atoms with Gasteiger partial charge in [-0.15, -0.1) is 0 Å². The van der Waals surface area contributed by atoms with Crippen LogP contribution < -0.4 is 11.5 Å². The maximum absolute atomic E-state index is 6.61. The van der Waals surface area contributed by atoms with Crippen molar-refractivity contribution in [2.45, 2.75) is 31.2 Å². The summed E-state index contributed by atoms with van der Waals surface area (Å²) in [6.45, 7) is 4.77. The van der Waals surface area contributed by atoms with Crippen molar-refractivity contribution < 1.29 is 0 Å². The number of nitrogens with two attached hydrogens (primary N) is 2. The molecular weight excluding hydrogens is 244 g/mol. The van der Waals surface area contributed by atoms with E-state index < -0.39 is 5.54 Å². The fraction of sp³-hybridized carbons (Fsp3) is 0.333. The molecule has 0 aromatic heterocycles. The minimum atomic E-state index is -0.408. The standard InChI is InChI=1S/C18H24N2/c1-17(2,20)18(13-14-19,15-9-5-3-6-10-15)16-11-7-4-8-12-16/h3-12H,13-14,19-20H2,1-2H3. The van der Waals surface area contributed by atoms with E-state index >= 15 is 0 Å². The van der Waals surface area contributed by atoms with Crippen LogP contribution in [0.15, 0.2) is 60.7 Å². The van der Waals surface area contributed by atoms with Crippen molar-refractivity contribution in [3.8, 4) is 0 Å². The van der Waals surface area contributed by atoms with Gasteiger partial charge >= 0.3 is 0 Å². The van der Waals surface area contributed by atoms with Crippen LogP contribution in [0.3, 0.4) is 0 Å². The Labute approximate surface area is 121 Å². The van der Waals surface area contributed by atoms with Gasteiger partial charge in [0, 0.05) is 11.0 Å². The number of rotatable bonds is 5. The van der Waals surface area contributed by atoms with Crippen molar-refractivity contribution >= 4 is 0 Å². The zero-order valence-electron chi connectivity index (χ0n) is 12.3. The van der Waals surface area contributed by atoms with Crippen LogP contribution in [0.5, 0.6) is 0 Å². The number of hydrogen-bond donors (Lipinski definition) is 2. The van der Waals surface area contributed by atoms with E-state index in [4.69, 9.17) is 11.5 Å². The molecular formula is C18H24N2. The Morgan fingerprint density at radius 1 is 0.800 bits per heavy atom. The lowest BCUT2D eigenvalue weighted by molar-refractivity contribution is 0.291. The summed E-state index contributed by atoms with van der Waals surface area (Å²) in [6.07, 6.45) is 0.824. The summed E-state index contributed by atoms with van der Waals surface area (Å²) in [5.41, 5.74) is 14.3. The molecule has 0 bridgehead atoms. The summed E-state index contributed by atoms with van der Waals surface area (Å²) in [6, 6.07) is 20.9. The van der Waals surface area contributed by atoms with E-state index in [0.717, 1.165) is 6.42 Å². The normalized spacial score (nSPS) is 12.4. The molecule has 2 aromatic carbocycles. The highest BCUT2D eigenvalue weighted by Gasteiger charge is 2.44. The van der Waals surface area contributed by atoms with Gasteiger partial charge in [0.1, 0.15) is 0 Å². The van der Waals surface area contributed by atoms with E-state index in [1.54, 1.807) is 0 Å². The summed E-state index contributed by atoms with van der Waals surface area (Å²) in [4.78, 5) is 0. The first-order valence-corrected chi connectivity index (χ1v) is 7.12. The summed E-state index contributed by atoms with van der Waals surface area (Å²) >= 11 is 0. The molecule has 0 heterocycles. The lowest BCUT2D eigenvalue weighted by atomic mass is 9.61. The van der Waals surface area contributed by atoms with Crippen LogP contribution in [-0.4, -0.2) is 12.1 Å². The van der Waals surface area contributed by atoms with Crippen LogP contribution in [0, 0.1) is 0 Å². The van der Waals surface area contributed by atoms with Gasteiger partial charge in [-0.1, -0.05) is 60.7 Å². The van der Waals surface area contributed by atoms with Gasteiger partial charge < -0.3 is 11.5 Å². The lowest BCUT2D eigenvalue weighted by Gasteiger charge is -2.46. The maximum atomic E-state index is 6.61. The van der Waals surface area contributed by atoms with Gasteiger partial charge in [0.05, 0.1) is 0 Å². The van der Waals surface area contributed by atoms with Gasteiger partial charge in [-0.25, -0.2) is 0 Å². The van der Waals surface area contributed by atoms with Crippen LogP contribution in [0.4, 0.5) is 0 Å². The third-order valence-corrected chi connectivity index (χ3v) is 4.15. The first kappa shape index (κ1) is 14.8. The van der Waals surface area contributed by atoms with Gasteiger partial charge in [-0.3, -0.25) is 0 Å². The first-order valence-electron chi connectivity index (χ1n) is 7.12. The second-order valence-electron chi connectivity index (χ2n) is 5.90. The van der Waals surface area contributed by atoms with Crippen molar-refractivity contribution in [1.29, 1.82) is 0 Å². The quantitative estimate of drug-likeness (QED) is 0.875. The molecule has 0 aliphatic carbocycles. The van der Waals surface area contributed by atoms with E-state index in [1.165, 1.54) is 11.1 Å². The van der Waals surface area contributed by atoms with E-state index in [-0.39, 0.29) is 5.41 Å². The molecule has 0 radical (unpaired) electrons. The Kier molecular flexibility index (Phi) is 4.26. The van der Waals surface area contributed by atoms with Crippen molar-refractivity contribution in [2.24, 2.45) is 11.5 Å². The molecule has 2 rings (SSSR count). The van der Waals surface area contributed by atoms with Gasteiger partial charge in [-0.05, 0) is 37.9 Å². The Hall–Kier alpha value is -1.64. The molecule has 0 saturated heterocycles. The first-order chi connectivity index (χ1) is 9.52. The minimum Gasteiger partial charge on any atom is -0.330 e. The average molecular weight is 268 g/mol. The highest BCUT2D eigenvalue weighted by atomic mass is 14.8. The maximum Gasteiger partial charge on any atom is 0.0388 e. The Balaban J connectivity index is 2.70. The molecule has 0 unspecified atom stereocenters. The number of hydrogen-bond acceptors (Lipinski definition) is 2. The zero-order valence-corrected chi connectivity index (χ0v) is 12.3. The summed E-state index contributed by atoms with van der Waals surface area (Å²) < 4.78 is 0. The third kappa shape index (κ3) is 2.49. The molecule has 0 amide bonds. The lowest BCUT2D eigenvalue weighted by Crippen LogP contribution is -2.55. The van der Waals surface area contributed by atoms with Crippen molar-refractivity contribution in [3.05, 3.63) is 71.8 Å². The largest absolute Gasteiger partial charge is 0.330 e. The van der Waals surface area contributed by atoms with Crippen molar-refractivity contribution in [2.75, 3.05) is 6.54 Å². The Bertz CT molecular complexity index is 487. The fourth-order valence-corrected chi connectivity index (χ4v) is 3.18. The molecule has 2 aromatic rings. The predicted octanol–water partition coefficient (Wildman–Crippen LogP) is 3.06. The fourth-order valence-electron chi connectivity index (χ4n) is 3.18. The predicted molar refractivity (Wildman–Crippen MR) is 85.6 cm³/mol. The van der Waals surface area contributed by atoms with Gasteiger partial charge in [-0.2, -0.15) is 0 Å². The highest BCUT2D eigenvalue weighted by molar-refractivity contribution is 5.43. The summed E-state index contributed by atoms with van der Waals surface area (Å²) in [7, 11) is 0. The molecule has 4 N–H and O–H groups in total. The summed E-state index contributed by atoms with van der Waals surface area (Å²) in [5.74, 6) is 0. The van der Waals surface area contributed by atoms with Crippen molar-refractivity contribution in [1.82, 2.24) is 0 Å². The molecule has 2 nitrogen and oxygen atoms in total. The van der Waals surface area contributed by atoms with E-state index in [2.05, 4.69) is 62.4 Å². The minimum absolute atomic E-state index is 0.274. The van der Waals surface area contributed by atoms with Crippen LogP contribution in [0.1, 0.15) is 31.4 Å². The molecule has 0 fully saturated rings. The molecule has 0 spiro atoms. The SMILES string of the molecule is CC(C)(N)C(CCN)(c1ccccc1)c1ccccc1. The molecule has 2 heteroatoms. The molecule has 0 saturated carbocycles.